The lowest BCUT2D eigenvalue weighted by atomic mass is 9.91. The van der Waals surface area contributed by atoms with Crippen LogP contribution in [0, 0.1) is 0 Å². The third-order valence-electron chi connectivity index (χ3n) is 9.95. The Hall–Kier alpha value is -3.60. The van der Waals surface area contributed by atoms with E-state index in [1.165, 1.54) is 26.5 Å². The summed E-state index contributed by atoms with van der Waals surface area (Å²) in [5.41, 5.74) is 0. The lowest BCUT2D eigenvalue weighted by Gasteiger charge is -2.43. The first-order valence-electron chi connectivity index (χ1n) is 19.4. The average Bonchev–Trinajstić information content (AvgIpc) is 3.17. The third kappa shape index (κ3) is 14.5. The first-order valence-corrected chi connectivity index (χ1v) is 20.8. The van der Waals surface area contributed by atoms with E-state index in [2.05, 4.69) is 0 Å². The smallest absolute Gasteiger partial charge is 0.460 e. The largest absolute Gasteiger partial charge is 0.480 e. The Bertz CT molecular complexity index is 1750. The van der Waals surface area contributed by atoms with Crippen LogP contribution in [-0.2, 0) is 29.2 Å². The molecule has 0 spiro atoms. The standard InChI is InChI=1S/C33H47F17N6O10S/c1-2-3-4-5-6-56(67(65,66)33(49,50)31(44,45)29(40,41)27(36,37)26(34,35)28(38,39)30(42,43)32(46,47)48)17-22(58)51-15-21(57)16-52-7-9-53(18-23(59)60)11-13-55(20-25(63)64)14-12-54(10-8-52)19-24(61)62/h21,57H,2-20H2,1H3,(H,51,58)(H,59,60)(H,61,62)(H,63,64). The van der Waals surface area contributed by atoms with Crippen molar-refractivity contribution in [2.24, 2.45) is 0 Å². The number of nitrogens with zero attached hydrogens (tertiary/aromatic N) is 5. The van der Waals surface area contributed by atoms with Gasteiger partial charge in [0.05, 0.1) is 32.3 Å². The van der Waals surface area contributed by atoms with Crippen molar-refractivity contribution >= 4 is 33.8 Å². The fourth-order valence-electron chi connectivity index (χ4n) is 6.09. The van der Waals surface area contributed by atoms with Gasteiger partial charge in [-0.3, -0.25) is 38.8 Å². The molecular formula is C33H47F17N6O10S. The van der Waals surface area contributed by atoms with Gasteiger partial charge >= 0.3 is 64.9 Å². The minimum absolute atomic E-state index is 0.0132. The van der Waals surface area contributed by atoms with Crippen molar-refractivity contribution in [3.05, 3.63) is 0 Å². The predicted octanol–water partition coefficient (Wildman–Crippen LogP) is 3.12. The summed E-state index contributed by atoms with van der Waals surface area (Å²) in [6.07, 6.45) is -10.4. The number of hydrogen-bond donors (Lipinski definition) is 5. The summed E-state index contributed by atoms with van der Waals surface area (Å²) >= 11 is 0. The van der Waals surface area contributed by atoms with Crippen molar-refractivity contribution in [2.45, 2.75) is 85.7 Å². The highest BCUT2D eigenvalue weighted by Crippen LogP contribution is 2.64. The maximum Gasteiger partial charge on any atom is 0.460 e. The van der Waals surface area contributed by atoms with E-state index in [1.54, 1.807) is 5.32 Å². The molecule has 0 aromatic heterocycles. The molecular weight excluding hydrogens is 995 g/mol. The number of aliphatic hydroxyl groups excluding tert-OH is 1. The molecule has 0 radical (unpaired) electrons. The van der Waals surface area contributed by atoms with Gasteiger partial charge in [0.2, 0.25) is 5.91 Å². The summed E-state index contributed by atoms with van der Waals surface area (Å²) in [4.78, 5) is 52.7. The van der Waals surface area contributed by atoms with Gasteiger partial charge in [0.25, 0.3) is 10.0 Å². The van der Waals surface area contributed by atoms with Crippen LogP contribution in [0.4, 0.5) is 74.6 Å². The fraction of sp³-hybridized carbons (Fsp3) is 0.879. The SMILES string of the molecule is CCCCCCN(CC(=O)NCC(O)CN1CCN(CC(=O)O)CCN(CC(=O)O)CCN(CC(=O)O)CC1)S(=O)(=O)C(F)(F)C(F)(F)C(F)(F)C(F)(F)C(F)(F)C(F)(F)C(F)(F)C(F)(F)F. The minimum Gasteiger partial charge on any atom is -0.480 e. The van der Waals surface area contributed by atoms with Crippen LogP contribution in [0.15, 0.2) is 0 Å². The summed E-state index contributed by atoms with van der Waals surface area (Å²) < 4.78 is 261. The van der Waals surface area contributed by atoms with Crippen molar-refractivity contribution in [3.63, 3.8) is 0 Å². The minimum atomic E-state index is -9.05. The summed E-state index contributed by atoms with van der Waals surface area (Å²) in [6, 6.07) is 0. The molecule has 1 unspecified atom stereocenters. The van der Waals surface area contributed by atoms with Crippen LogP contribution in [0.2, 0.25) is 0 Å². The molecule has 67 heavy (non-hydrogen) atoms. The number of aliphatic hydroxyl groups is 1. The number of β-amino-alcohol motifs (C(OH)–C–C–N with tert-alkyl or cyclic N) is 1. The van der Waals surface area contributed by atoms with Gasteiger partial charge in [0.1, 0.15) is 0 Å². The van der Waals surface area contributed by atoms with Gasteiger partial charge < -0.3 is 25.7 Å². The lowest BCUT2D eigenvalue weighted by Crippen LogP contribution is -2.75. The molecule has 1 amide bonds. The van der Waals surface area contributed by atoms with E-state index in [9.17, 15) is 114 Å². The molecule has 1 heterocycles. The maximum atomic E-state index is 15.2. The number of carboxylic acid groups (broad SMARTS) is 3. The van der Waals surface area contributed by atoms with E-state index in [4.69, 9.17) is 0 Å². The monoisotopic (exact) mass is 1040 g/mol. The molecule has 1 rings (SSSR count). The van der Waals surface area contributed by atoms with Crippen molar-refractivity contribution in [1.29, 1.82) is 0 Å². The molecule has 1 fully saturated rings. The molecule has 0 aliphatic carbocycles. The Morgan fingerprint density at radius 3 is 1.24 bits per heavy atom. The molecule has 394 valence electrons. The second kappa shape index (κ2) is 23.3. The van der Waals surface area contributed by atoms with E-state index < -0.39 is 143 Å². The van der Waals surface area contributed by atoms with Crippen molar-refractivity contribution in [3.8, 4) is 0 Å². The summed E-state index contributed by atoms with van der Waals surface area (Å²) in [5.74, 6) is -58.5. The molecule has 0 aromatic rings. The predicted molar refractivity (Wildman–Crippen MR) is 193 cm³/mol. The summed E-state index contributed by atoms with van der Waals surface area (Å²) in [6.45, 7) is -6.05. The summed E-state index contributed by atoms with van der Waals surface area (Å²) in [5, 5.41) is 32.6. The number of hydrogen-bond acceptors (Lipinski definition) is 11. The number of nitrogens with one attached hydrogen (secondary N) is 1. The van der Waals surface area contributed by atoms with Crippen LogP contribution in [0.1, 0.15) is 32.6 Å². The number of carbonyl (C=O) groups excluding carboxylic acids is 1. The van der Waals surface area contributed by atoms with Gasteiger partial charge in [-0.05, 0) is 6.42 Å². The first-order chi connectivity index (χ1) is 30.2. The van der Waals surface area contributed by atoms with Crippen LogP contribution in [0.3, 0.4) is 0 Å². The van der Waals surface area contributed by atoms with Crippen LogP contribution in [0.25, 0.3) is 0 Å². The number of sulfonamides is 1. The highest BCUT2D eigenvalue weighted by Gasteiger charge is 2.96. The molecule has 0 saturated carbocycles. The molecule has 34 heteroatoms. The second-order valence-corrected chi connectivity index (χ2v) is 17.1. The molecule has 1 aliphatic heterocycles. The molecule has 5 N–H and O–H groups in total. The van der Waals surface area contributed by atoms with Crippen molar-refractivity contribution in [2.75, 3.05) is 98.2 Å². The van der Waals surface area contributed by atoms with Gasteiger partial charge in [-0.1, -0.05) is 26.2 Å². The number of rotatable bonds is 25. The average molecular weight is 1040 g/mol. The van der Waals surface area contributed by atoms with Crippen LogP contribution in [0.5, 0.6) is 0 Å². The number of carboxylic acids is 3. The van der Waals surface area contributed by atoms with Gasteiger partial charge in [-0.15, -0.1) is 0 Å². The van der Waals surface area contributed by atoms with Gasteiger partial charge in [-0.25, -0.2) is 8.42 Å². The molecule has 16 nitrogen and oxygen atoms in total. The molecule has 0 aromatic carbocycles. The number of halogens is 17. The van der Waals surface area contributed by atoms with Crippen molar-refractivity contribution in [1.82, 2.24) is 29.2 Å². The third-order valence-corrected chi connectivity index (χ3v) is 11.8. The topological polar surface area (TPSA) is 212 Å². The molecule has 1 atom stereocenters. The second-order valence-electron chi connectivity index (χ2n) is 15.1. The Labute approximate surface area is 369 Å². The van der Waals surface area contributed by atoms with Crippen LogP contribution in [-0.4, -0.2) is 228 Å². The summed E-state index contributed by atoms with van der Waals surface area (Å²) in [7, 11) is -7.82. The van der Waals surface area contributed by atoms with Gasteiger partial charge in [0.15, 0.2) is 0 Å². The molecule has 1 aliphatic rings. The Kier molecular flexibility index (Phi) is 21.4. The van der Waals surface area contributed by atoms with Crippen LogP contribution >= 0.6 is 0 Å². The van der Waals surface area contributed by atoms with Crippen molar-refractivity contribution < 1.29 is 123 Å². The Morgan fingerprint density at radius 2 is 0.896 bits per heavy atom. The van der Waals surface area contributed by atoms with Gasteiger partial charge in [-0.2, -0.15) is 78.9 Å². The Morgan fingerprint density at radius 1 is 0.552 bits per heavy atom. The van der Waals surface area contributed by atoms with E-state index in [0.717, 1.165) is 0 Å². The fourth-order valence-corrected chi connectivity index (χ4v) is 7.53. The van der Waals surface area contributed by atoms with Gasteiger partial charge in [0, 0.05) is 72.0 Å². The zero-order valence-electron chi connectivity index (χ0n) is 34.8. The van der Waals surface area contributed by atoms with E-state index in [1.807, 2.05) is 0 Å². The number of alkyl halides is 17. The number of amides is 1. The van der Waals surface area contributed by atoms with E-state index in [-0.39, 0.29) is 71.6 Å². The van der Waals surface area contributed by atoms with E-state index in [0.29, 0.717) is 0 Å². The zero-order valence-corrected chi connectivity index (χ0v) is 35.6. The highest BCUT2D eigenvalue weighted by molar-refractivity contribution is 7.90. The maximum absolute atomic E-state index is 15.2. The number of aliphatic carboxylic acids is 3. The molecule has 1 saturated heterocycles. The number of carbonyl (C=O) groups is 4. The quantitative estimate of drug-likeness (QED) is 0.0658. The highest BCUT2D eigenvalue weighted by atomic mass is 32.2. The Balaban J connectivity index is 3.46. The van der Waals surface area contributed by atoms with E-state index >= 15 is 8.78 Å². The lowest BCUT2D eigenvalue weighted by molar-refractivity contribution is -0.458. The zero-order chi connectivity index (χ0) is 52.4. The first kappa shape index (κ1) is 61.4. The van der Waals surface area contributed by atoms with Crippen LogP contribution < -0.4 is 5.32 Å². The normalized spacial score (nSPS) is 18.0. The number of unbranched alkanes of at least 4 members (excludes halogenated alkanes) is 3. The molecule has 0 bridgehead atoms.